The van der Waals surface area contributed by atoms with E-state index in [1.807, 2.05) is 24.3 Å². The predicted octanol–water partition coefficient (Wildman–Crippen LogP) is 3.26. The van der Waals surface area contributed by atoms with E-state index in [0.717, 1.165) is 54.8 Å². The topological polar surface area (TPSA) is 67.1 Å². The molecule has 0 unspecified atom stereocenters. The van der Waals surface area contributed by atoms with Gasteiger partial charge < -0.3 is 15.2 Å². The summed E-state index contributed by atoms with van der Waals surface area (Å²) in [6.45, 7) is 7.25. The van der Waals surface area contributed by atoms with E-state index >= 15 is 0 Å². The minimum atomic E-state index is 0. The molecule has 138 valence electrons. The summed E-state index contributed by atoms with van der Waals surface area (Å²) in [5.41, 5.74) is 1.09. The molecular weight excluding hydrogens is 451 g/mol. The highest BCUT2D eigenvalue weighted by Crippen LogP contribution is 2.11. The second kappa shape index (κ2) is 12.1. The van der Waals surface area contributed by atoms with Crippen LogP contribution in [-0.2, 0) is 19.5 Å². The Labute approximate surface area is 171 Å². The van der Waals surface area contributed by atoms with Crippen LogP contribution in [0.5, 0.6) is 0 Å². The number of aromatic nitrogens is 3. The molecular formula is C17H26ClIN6. The van der Waals surface area contributed by atoms with Crippen LogP contribution in [0, 0.1) is 0 Å². The van der Waals surface area contributed by atoms with E-state index in [0.29, 0.717) is 6.54 Å². The van der Waals surface area contributed by atoms with Crippen molar-refractivity contribution in [2.75, 3.05) is 13.1 Å². The van der Waals surface area contributed by atoms with Crippen molar-refractivity contribution in [3.05, 3.63) is 47.0 Å². The summed E-state index contributed by atoms with van der Waals surface area (Å²) in [5, 5.41) is 15.5. The van der Waals surface area contributed by atoms with E-state index in [1.165, 1.54) is 0 Å². The molecule has 2 rings (SSSR count). The maximum atomic E-state index is 6.02. The smallest absolute Gasteiger partial charge is 0.191 e. The van der Waals surface area contributed by atoms with Gasteiger partial charge in [-0.25, -0.2) is 4.99 Å². The van der Waals surface area contributed by atoms with Gasteiger partial charge in [0.1, 0.15) is 12.2 Å². The minimum absolute atomic E-state index is 0. The minimum Gasteiger partial charge on any atom is -0.356 e. The van der Waals surface area contributed by atoms with Gasteiger partial charge in [-0.05, 0) is 24.1 Å². The summed E-state index contributed by atoms with van der Waals surface area (Å²) in [4.78, 5) is 4.63. The molecule has 0 bridgehead atoms. The summed E-state index contributed by atoms with van der Waals surface area (Å²) in [7, 11) is 0. The van der Waals surface area contributed by atoms with Crippen molar-refractivity contribution in [2.45, 2.75) is 39.8 Å². The zero-order valence-electron chi connectivity index (χ0n) is 14.7. The van der Waals surface area contributed by atoms with Crippen LogP contribution in [0.2, 0.25) is 5.02 Å². The molecule has 0 spiro atoms. The number of nitrogens with one attached hydrogen (secondary N) is 2. The number of aryl methyl sites for hydroxylation is 1. The van der Waals surface area contributed by atoms with Gasteiger partial charge in [0.05, 0.1) is 6.54 Å². The fraction of sp³-hybridized carbons (Fsp3) is 0.471. The van der Waals surface area contributed by atoms with Crippen LogP contribution >= 0.6 is 35.6 Å². The SMILES string of the molecule is CCCNC(=NCc1cccc(Cl)c1)NCCn1cnnc1CC.I. The highest BCUT2D eigenvalue weighted by Gasteiger charge is 2.02. The second-order valence-corrected chi connectivity index (χ2v) is 5.88. The monoisotopic (exact) mass is 476 g/mol. The molecule has 0 aliphatic carbocycles. The lowest BCUT2D eigenvalue weighted by Crippen LogP contribution is -2.39. The third-order valence-corrected chi connectivity index (χ3v) is 3.74. The molecule has 0 radical (unpaired) electrons. The van der Waals surface area contributed by atoms with Crippen LogP contribution in [0.3, 0.4) is 0 Å². The third-order valence-electron chi connectivity index (χ3n) is 3.51. The number of aliphatic imine (C=N–C) groups is 1. The summed E-state index contributed by atoms with van der Waals surface area (Å²) in [5.74, 6) is 1.80. The van der Waals surface area contributed by atoms with Crippen LogP contribution in [0.15, 0.2) is 35.6 Å². The fourth-order valence-corrected chi connectivity index (χ4v) is 2.47. The van der Waals surface area contributed by atoms with Crippen molar-refractivity contribution in [2.24, 2.45) is 4.99 Å². The molecule has 2 N–H and O–H groups in total. The molecule has 6 nitrogen and oxygen atoms in total. The molecule has 0 atom stereocenters. The van der Waals surface area contributed by atoms with E-state index in [9.17, 15) is 0 Å². The summed E-state index contributed by atoms with van der Waals surface area (Å²) in [6.07, 6.45) is 3.69. The maximum Gasteiger partial charge on any atom is 0.191 e. The second-order valence-electron chi connectivity index (χ2n) is 5.44. The van der Waals surface area contributed by atoms with E-state index in [1.54, 1.807) is 6.33 Å². The van der Waals surface area contributed by atoms with Gasteiger partial charge in [-0.1, -0.05) is 37.6 Å². The zero-order chi connectivity index (χ0) is 17.2. The first-order valence-corrected chi connectivity index (χ1v) is 8.74. The maximum absolute atomic E-state index is 6.02. The predicted molar refractivity (Wildman–Crippen MR) is 114 cm³/mol. The van der Waals surface area contributed by atoms with Crippen LogP contribution in [0.1, 0.15) is 31.7 Å². The first-order valence-electron chi connectivity index (χ1n) is 8.36. The highest BCUT2D eigenvalue weighted by molar-refractivity contribution is 14.0. The molecule has 0 amide bonds. The summed E-state index contributed by atoms with van der Waals surface area (Å²) in [6, 6.07) is 7.77. The molecule has 25 heavy (non-hydrogen) atoms. The molecule has 0 saturated heterocycles. The average molecular weight is 477 g/mol. The lowest BCUT2D eigenvalue weighted by atomic mass is 10.2. The Morgan fingerprint density at radius 3 is 2.76 bits per heavy atom. The molecule has 1 heterocycles. The number of hydrogen-bond donors (Lipinski definition) is 2. The van der Waals surface area contributed by atoms with Gasteiger partial charge in [-0.3, -0.25) is 0 Å². The molecule has 0 fully saturated rings. The fourth-order valence-electron chi connectivity index (χ4n) is 2.26. The Morgan fingerprint density at radius 2 is 2.04 bits per heavy atom. The van der Waals surface area contributed by atoms with E-state index < -0.39 is 0 Å². The Balaban J connectivity index is 0.00000312. The zero-order valence-corrected chi connectivity index (χ0v) is 17.8. The Bertz CT molecular complexity index is 658. The largest absolute Gasteiger partial charge is 0.356 e. The van der Waals surface area contributed by atoms with Gasteiger partial charge in [0.15, 0.2) is 5.96 Å². The Morgan fingerprint density at radius 1 is 1.24 bits per heavy atom. The lowest BCUT2D eigenvalue weighted by Gasteiger charge is -2.13. The number of rotatable bonds is 8. The van der Waals surface area contributed by atoms with Gasteiger partial charge in [0.25, 0.3) is 0 Å². The van der Waals surface area contributed by atoms with Crippen molar-refractivity contribution < 1.29 is 0 Å². The van der Waals surface area contributed by atoms with Gasteiger partial charge in [0, 0.05) is 31.1 Å². The van der Waals surface area contributed by atoms with Crippen molar-refractivity contribution in [3.63, 3.8) is 0 Å². The van der Waals surface area contributed by atoms with Gasteiger partial charge in [-0.15, -0.1) is 34.2 Å². The Hall–Kier alpha value is -1.35. The summed E-state index contributed by atoms with van der Waals surface area (Å²) >= 11 is 6.02. The van der Waals surface area contributed by atoms with Crippen molar-refractivity contribution in [1.29, 1.82) is 0 Å². The number of benzene rings is 1. The first kappa shape index (κ1) is 21.7. The normalized spacial score (nSPS) is 11.1. The molecule has 1 aromatic carbocycles. The van der Waals surface area contributed by atoms with Crippen LogP contribution in [-0.4, -0.2) is 33.8 Å². The number of hydrogen-bond acceptors (Lipinski definition) is 3. The van der Waals surface area contributed by atoms with Crippen LogP contribution in [0.25, 0.3) is 0 Å². The lowest BCUT2D eigenvalue weighted by molar-refractivity contribution is 0.631. The average Bonchev–Trinajstić information content (AvgIpc) is 3.04. The molecule has 0 saturated carbocycles. The van der Waals surface area contributed by atoms with E-state index in [2.05, 4.69) is 44.2 Å². The summed E-state index contributed by atoms with van der Waals surface area (Å²) < 4.78 is 2.06. The number of halogens is 2. The third kappa shape index (κ3) is 7.60. The van der Waals surface area contributed by atoms with Gasteiger partial charge in [-0.2, -0.15) is 0 Å². The van der Waals surface area contributed by atoms with E-state index in [4.69, 9.17) is 11.6 Å². The molecule has 0 aliphatic heterocycles. The van der Waals surface area contributed by atoms with Crippen molar-refractivity contribution >= 4 is 41.5 Å². The standard InChI is InChI=1S/C17H25ClN6.HI/c1-3-8-19-17(21-12-14-6-5-7-15(18)11-14)20-9-10-24-13-22-23-16(24)4-2;/h5-7,11,13H,3-4,8-10,12H2,1-2H3,(H2,19,20,21);1H. The molecule has 1 aromatic heterocycles. The van der Waals surface area contributed by atoms with Crippen molar-refractivity contribution in [3.8, 4) is 0 Å². The molecule has 0 aliphatic rings. The molecule has 2 aromatic rings. The Kier molecular flexibility index (Phi) is 10.5. The highest BCUT2D eigenvalue weighted by atomic mass is 127. The first-order chi connectivity index (χ1) is 11.7. The van der Waals surface area contributed by atoms with Gasteiger partial charge >= 0.3 is 0 Å². The van der Waals surface area contributed by atoms with Crippen LogP contribution < -0.4 is 10.6 Å². The van der Waals surface area contributed by atoms with Crippen LogP contribution in [0.4, 0.5) is 0 Å². The van der Waals surface area contributed by atoms with Gasteiger partial charge in [0.2, 0.25) is 0 Å². The van der Waals surface area contributed by atoms with Crippen molar-refractivity contribution in [1.82, 2.24) is 25.4 Å². The van der Waals surface area contributed by atoms with E-state index in [-0.39, 0.29) is 24.0 Å². The number of nitrogens with zero attached hydrogens (tertiary/aromatic N) is 4. The quantitative estimate of drug-likeness (QED) is 0.349. The molecule has 8 heteroatoms. The number of guanidine groups is 1.